The predicted octanol–water partition coefficient (Wildman–Crippen LogP) is 3.21. The van der Waals surface area contributed by atoms with Crippen molar-refractivity contribution in [3.63, 3.8) is 0 Å². The van der Waals surface area contributed by atoms with Gasteiger partial charge in [-0.1, -0.05) is 32.0 Å². The van der Waals surface area contributed by atoms with Gasteiger partial charge in [0.1, 0.15) is 0 Å². The maximum absolute atomic E-state index is 11.6. The van der Waals surface area contributed by atoms with Crippen molar-refractivity contribution in [1.29, 1.82) is 0 Å². The minimum atomic E-state index is -0.178. The first-order valence-electron chi connectivity index (χ1n) is 8.29. The number of carbonyl (C=O) groups is 1. The maximum atomic E-state index is 11.6. The number of hydrogen-bond acceptors (Lipinski definition) is 2. The number of amides is 1. The third-order valence-corrected chi connectivity index (χ3v) is 4.35. The molecule has 1 atom stereocenters. The van der Waals surface area contributed by atoms with Gasteiger partial charge in [0, 0.05) is 6.54 Å². The van der Waals surface area contributed by atoms with Gasteiger partial charge in [-0.3, -0.25) is 9.69 Å². The van der Waals surface area contributed by atoms with Crippen LogP contribution in [0, 0.1) is 0 Å². The third-order valence-electron chi connectivity index (χ3n) is 4.35. The number of benzene rings is 1. The van der Waals surface area contributed by atoms with Gasteiger partial charge in [0.25, 0.3) is 0 Å². The summed E-state index contributed by atoms with van der Waals surface area (Å²) in [4.78, 5) is 14.1. The van der Waals surface area contributed by atoms with E-state index in [1.165, 1.54) is 24.0 Å². The van der Waals surface area contributed by atoms with Crippen molar-refractivity contribution >= 4 is 5.91 Å². The molecule has 0 aromatic heterocycles. The SMILES string of the molecule is CCCN(CCC)Cc1ccc2c(c1)CCCC2C(N)=O. The van der Waals surface area contributed by atoms with Crippen molar-refractivity contribution in [2.75, 3.05) is 13.1 Å². The number of carbonyl (C=O) groups excluding carboxylic acids is 1. The molecule has 1 unspecified atom stereocenters. The lowest BCUT2D eigenvalue weighted by Crippen LogP contribution is -2.26. The molecule has 2 N–H and O–H groups in total. The van der Waals surface area contributed by atoms with Crippen molar-refractivity contribution in [2.45, 2.75) is 58.4 Å². The average Bonchev–Trinajstić information content (AvgIpc) is 2.46. The van der Waals surface area contributed by atoms with Crippen LogP contribution in [0.4, 0.5) is 0 Å². The molecule has 0 aliphatic heterocycles. The van der Waals surface area contributed by atoms with Gasteiger partial charge >= 0.3 is 0 Å². The Labute approximate surface area is 128 Å². The standard InChI is InChI=1S/C18H28N2O/c1-3-10-20(11-4-2)13-14-8-9-16-15(12-14)6-5-7-17(16)18(19)21/h8-9,12,17H,3-7,10-11,13H2,1-2H3,(H2,19,21). The van der Waals surface area contributed by atoms with Crippen molar-refractivity contribution in [2.24, 2.45) is 5.73 Å². The summed E-state index contributed by atoms with van der Waals surface area (Å²) in [5.74, 6) is -0.257. The van der Waals surface area contributed by atoms with E-state index in [-0.39, 0.29) is 11.8 Å². The van der Waals surface area contributed by atoms with Crippen LogP contribution in [0.2, 0.25) is 0 Å². The van der Waals surface area contributed by atoms with Gasteiger partial charge in [-0.25, -0.2) is 0 Å². The van der Waals surface area contributed by atoms with Crippen LogP contribution in [0.1, 0.15) is 62.1 Å². The molecule has 1 aliphatic carbocycles. The molecule has 2 rings (SSSR count). The highest BCUT2D eigenvalue weighted by molar-refractivity contribution is 5.82. The summed E-state index contributed by atoms with van der Waals surface area (Å²) in [6.45, 7) is 7.76. The summed E-state index contributed by atoms with van der Waals surface area (Å²) in [7, 11) is 0. The summed E-state index contributed by atoms with van der Waals surface area (Å²) in [6, 6.07) is 6.61. The highest BCUT2D eigenvalue weighted by Gasteiger charge is 2.24. The molecule has 1 aromatic carbocycles. The Kier molecular flexibility index (Phi) is 5.80. The van der Waals surface area contributed by atoms with Crippen LogP contribution >= 0.6 is 0 Å². The molecule has 116 valence electrons. The zero-order valence-corrected chi connectivity index (χ0v) is 13.4. The van der Waals surface area contributed by atoms with Gasteiger partial charge in [0.2, 0.25) is 5.91 Å². The van der Waals surface area contributed by atoms with E-state index in [2.05, 4.69) is 36.9 Å². The first-order chi connectivity index (χ1) is 10.2. The molecule has 0 heterocycles. The molecule has 0 saturated heterocycles. The minimum Gasteiger partial charge on any atom is -0.369 e. The third kappa shape index (κ3) is 4.07. The molecule has 3 heteroatoms. The molecule has 0 spiro atoms. The van der Waals surface area contributed by atoms with E-state index in [0.29, 0.717) is 0 Å². The van der Waals surface area contributed by atoms with Gasteiger partial charge in [-0.2, -0.15) is 0 Å². The minimum absolute atomic E-state index is 0.0785. The monoisotopic (exact) mass is 288 g/mol. The Bertz CT molecular complexity index is 478. The van der Waals surface area contributed by atoms with E-state index in [1.807, 2.05) is 0 Å². The van der Waals surface area contributed by atoms with Crippen LogP contribution < -0.4 is 5.73 Å². The van der Waals surface area contributed by atoms with Crippen molar-refractivity contribution in [3.8, 4) is 0 Å². The van der Waals surface area contributed by atoms with Crippen LogP contribution in [-0.4, -0.2) is 23.9 Å². The number of aryl methyl sites for hydroxylation is 1. The molecule has 21 heavy (non-hydrogen) atoms. The van der Waals surface area contributed by atoms with Crippen LogP contribution in [0.5, 0.6) is 0 Å². The van der Waals surface area contributed by atoms with E-state index >= 15 is 0 Å². The summed E-state index contributed by atoms with van der Waals surface area (Å²) in [6.07, 6.45) is 5.43. The van der Waals surface area contributed by atoms with Crippen LogP contribution in [0.25, 0.3) is 0 Å². The van der Waals surface area contributed by atoms with Crippen LogP contribution in [0.3, 0.4) is 0 Å². The number of hydrogen-bond donors (Lipinski definition) is 1. The van der Waals surface area contributed by atoms with E-state index in [1.54, 1.807) is 0 Å². The average molecular weight is 288 g/mol. The maximum Gasteiger partial charge on any atom is 0.224 e. The predicted molar refractivity (Wildman–Crippen MR) is 87.2 cm³/mol. The summed E-state index contributed by atoms with van der Waals surface area (Å²) < 4.78 is 0. The first kappa shape index (κ1) is 16.0. The smallest absolute Gasteiger partial charge is 0.224 e. The Morgan fingerprint density at radius 1 is 1.29 bits per heavy atom. The normalized spacial score (nSPS) is 17.8. The van der Waals surface area contributed by atoms with Gasteiger partial charge in [-0.05, 0) is 61.9 Å². The van der Waals surface area contributed by atoms with Crippen LogP contribution in [-0.2, 0) is 17.8 Å². The van der Waals surface area contributed by atoms with Crippen molar-refractivity contribution in [1.82, 2.24) is 4.90 Å². The molecular formula is C18H28N2O. The van der Waals surface area contributed by atoms with Crippen molar-refractivity contribution in [3.05, 3.63) is 34.9 Å². The molecule has 1 amide bonds. The Hall–Kier alpha value is -1.35. The Morgan fingerprint density at radius 3 is 2.62 bits per heavy atom. The molecule has 1 aromatic rings. The van der Waals surface area contributed by atoms with E-state index < -0.39 is 0 Å². The zero-order valence-electron chi connectivity index (χ0n) is 13.4. The number of primary amides is 1. The first-order valence-corrected chi connectivity index (χ1v) is 8.29. The summed E-state index contributed by atoms with van der Waals surface area (Å²) in [5, 5.41) is 0. The summed E-state index contributed by atoms with van der Waals surface area (Å²) in [5.41, 5.74) is 9.39. The highest BCUT2D eigenvalue weighted by Crippen LogP contribution is 2.32. The second-order valence-electron chi connectivity index (χ2n) is 6.16. The number of fused-ring (bicyclic) bond motifs is 1. The van der Waals surface area contributed by atoms with Gasteiger partial charge < -0.3 is 5.73 Å². The molecule has 3 nitrogen and oxygen atoms in total. The lowest BCUT2D eigenvalue weighted by atomic mass is 9.81. The number of nitrogens with zero attached hydrogens (tertiary/aromatic N) is 1. The Morgan fingerprint density at radius 2 is 2.00 bits per heavy atom. The molecular weight excluding hydrogens is 260 g/mol. The molecule has 0 radical (unpaired) electrons. The molecule has 0 saturated carbocycles. The van der Waals surface area contributed by atoms with E-state index in [9.17, 15) is 4.79 Å². The largest absolute Gasteiger partial charge is 0.369 e. The zero-order chi connectivity index (χ0) is 15.2. The van der Waals surface area contributed by atoms with Gasteiger partial charge in [-0.15, -0.1) is 0 Å². The molecule has 0 fully saturated rings. The summed E-state index contributed by atoms with van der Waals surface area (Å²) >= 11 is 0. The van der Waals surface area contributed by atoms with Gasteiger partial charge in [0.05, 0.1) is 5.92 Å². The molecule has 0 bridgehead atoms. The lowest BCUT2D eigenvalue weighted by Gasteiger charge is -2.25. The Balaban J connectivity index is 2.14. The lowest BCUT2D eigenvalue weighted by molar-refractivity contribution is -0.119. The fourth-order valence-corrected chi connectivity index (χ4v) is 3.42. The quantitative estimate of drug-likeness (QED) is 0.837. The highest BCUT2D eigenvalue weighted by atomic mass is 16.1. The van der Waals surface area contributed by atoms with Crippen LogP contribution in [0.15, 0.2) is 18.2 Å². The van der Waals surface area contributed by atoms with E-state index in [0.717, 1.165) is 44.5 Å². The number of rotatable bonds is 7. The second-order valence-corrected chi connectivity index (χ2v) is 6.16. The van der Waals surface area contributed by atoms with E-state index in [4.69, 9.17) is 5.73 Å². The number of nitrogens with two attached hydrogens (primary N) is 1. The van der Waals surface area contributed by atoms with Crippen molar-refractivity contribution < 1.29 is 4.79 Å². The van der Waals surface area contributed by atoms with Gasteiger partial charge in [0.15, 0.2) is 0 Å². The topological polar surface area (TPSA) is 46.3 Å². The fourth-order valence-electron chi connectivity index (χ4n) is 3.42. The second kappa shape index (κ2) is 7.60. The fraction of sp³-hybridized carbons (Fsp3) is 0.611. The molecule has 1 aliphatic rings.